The van der Waals surface area contributed by atoms with Crippen molar-refractivity contribution in [2.24, 2.45) is 4.99 Å². The second-order valence-electron chi connectivity index (χ2n) is 1.92. The molecule has 0 bridgehead atoms. The Hall–Kier alpha value is -0.640. The first-order valence-electron chi connectivity index (χ1n) is 2.87. The molecule has 1 aromatic carbocycles. The molecule has 1 aromatic rings. The van der Waals surface area contributed by atoms with Crippen LogP contribution < -0.4 is 0 Å². The summed E-state index contributed by atoms with van der Waals surface area (Å²) in [5.74, 6) is -1.53. The van der Waals surface area contributed by atoms with Gasteiger partial charge in [0.15, 0.2) is 11.6 Å². The summed E-state index contributed by atoms with van der Waals surface area (Å²) < 4.78 is 26.0. The third-order valence-corrected chi connectivity index (χ3v) is 1.69. The third-order valence-electron chi connectivity index (χ3n) is 1.14. The fourth-order valence-corrected chi connectivity index (χ4v) is 1.18. The highest BCUT2D eigenvalue weighted by Gasteiger charge is 2.08. The summed E-state index contributed by atoms with van der Waals surface area (Å²) in [5, 5.41) is 1.90. The van der Waals surface area contributed by atoms with Crippen LogP contribution in [-0.4, -0.2) is 5.16 Å². The van der Waals surface area contributed by atoms with Gasteiger partial charge in [-0.1, -0.05) is 15.9 Å². The van der Waals surface area contributed by atoms with E-state index in [0.717, 1.165) is 12.1 Å². The van der Waals surface area contributed by atoms with Crippen molar-refractivity contribution in [3.63, 3.8) is 0 Å². The summed E-state index contributed by atoms with van der Waals surface area (Å²) in [6.07, 6.45) is 0. The van der Waals surface area contributed by atoms with Gasteiger partial charge in [0.05, 0.1) is 5.16 Å². The van der Waals surface area contributed by atoms with Crippen molar-refractivity contribution in [3.8, 4) is 0 Å². The van der Waals surface area contributed by atoms with Gasteiger partial charge in [0, 0.05) is 4.47 Å². The van der Waals surface area contributed by atoms with E-state index in [2.05, 4.69) is 33.1 Å². The normalized spacial score (nSPS) is 9.25. The number of rotatable bonds is 1. The molecule has 0 amide bonds. The van der Waals surface area contributed by atoms with Crippen molar-refractivity contribution in [1.82, 2.24) is 0 Å². The van der Waals surface area contributed by atoms with E-state index in [-0.39, 0.29) is 0 Å². The van der Waals surface area contributed by atoms with Crippen molar-refractivity contribution in [2.75, 3.05) is 0 Å². The smallest absolute Gasteiger partial charge is 0.153 e. The van der Waals surface area contributed by atoms with Gasteiger partial charge >= 0.3 is 0 Å². The summed E-state index contributed by atoms with van der Waals surface area (Å²) in [7, 11) is 0. The highest BCUT2D eigenvalue weighted by atomic mass is 79.9. The molecule has 1 rings (SSSR count). The minimum atomic E-state index is -0.765. The summed E-state index contributed by atoms with van der Waals surface area (Å²) in [6, 6.07) is 2.21. The largest absolute Gasteiger partial charge is 0.204 e. The first-order valence-corrected chi connectivity index (χ1v) is 4.07. The maximum atomic E-state index is 12.8. The van der Waals surface area contributed by atoms with Gasteiger partial charge in [-0.15, -0.1) is 0 Å². The second kappa shape index (κ2) is 3.85. The summed E-state index contributed by atoms with van der Waals surface area (Å²) >= 11 is 7.15. The zero-order valence-corrected chi connectivity index (χ0v) is 8.05. The zero-order chi connectivity index (χ0) is 9.14. The Kier molecular flexibility index (Phi) is 3.03. The van der Waals surface area contributed by atoms with Crippen LogP contribution in [0.4, 0.5) is 14.5 Å². The average molecular weight is 250 g/mol. The Morgan fingerprint density at radius 2 is 1.83 bits per heavy atom. The fraction of sp³-hybridized carbons (Fsp3) is 0. The van der Waals surface area contributed by atoms with Gasteiger partial charge < -0.3 is 0 Å². The Morgan fingerprint density at radius 1 is 1.33 bits per heavy atom. The lowest BCUT2D eigenvalue weighted by atomic mass is 10.3. The summed E-state index contributed by atoms with van der Waals surface area (Å²) in [5.41, 5.74) is -0.409. The molecule has 0 radical (unpaired) electrons. The number of isothiocyanates is 1. The van der Waals surface area contributed by atoms with E-state index in [1.807, 2.05) is 5.16 Å². The predicted molar refractivity (Wildman–Crippen MR) is 48.7 cm³/mol. The fourth-order valence-electron chi connectivity index (χ4n) is 0.687. The molecule has 0 heterocycles. The number of aliphatic imine (C=N–C) groups is 1. The molecule has 0 spiro atoms. The number of benzene rings is 1. The molecule has 0 fully saturated rings. The molecule has 0 N–H and O–H groups in total. The Bertz CT molecular complexity index is 337. The molecular weight excluding hydrogens is 248 g/mol. The SMILES string of the molecule is Fc1cc(Br)cc(F)c1N=C=S. The van der Waals surface area contributed by atoms with Crippen molar-refractivity contribution in [1.29, 1.82) is 0 Å². The number of hydrogen-bond acceptors (Lipinski definition) is 2. The Balaban J connectivity index is 3.37. The van der Waals surface area contributed by atoms with E-state index in [9.17, 15) is 8.78 Å². The van der Waals surface area contributed by atoms with Crippen molar-refractivity contribution in [2.45, 2.75) is 0 Å². The molecule has 0 unspecified atom stereocenters. The van der Waals surface area contributed by atoms with E-state index >= 15 is 0 Å². The molecule has 0 saturated carbocycles. The van der Waals surface area contributed by atoms with E-state index < -0.39 is 17.3 Å². The zero-order valence-electron chi connectivity index (χ0n) is 5.64. The van der Waals surface area contributed by atoms with E-state index in [1.165, 1.54) is 0 Å². The van der Waals surface area contributed by atoms with Crippen LogP contribution in [0.1, 0.15) is 0 Å². The van der Waals surface area contributed by atoms with Crippen LogP contribution in [0.5, 0.6) is 0 Å². The molecule has 62 valence electrons. The van der Waals surface area contributed by atoms with Crippen LogP contribution in [0.2, 0.25) is 0 Å². The maximum Gasteiger partial charge on any atom is 0.153 e. The van der Waals surface area contributed by atoms with Gasteiger partial charge in [0.25, 0.3) is 0 Å². The quantitative estimate of drug-likeness (QED) is 0.549. The standard InChI is InChI=1S/C7H2BrF2NS/c8-4-1-5(9)7(11-3-12)6(10)2-4/h1-2H. The molecule has 0 saturated heterocycles. The van der Waals surface area contributed by atoms with E-state index in [0.29, 0.717) is 4.47 Å². The molecule has 0 atom stereocenters. The molecule has 5 heteroatoms. The Morgan fingerprint density at radius 3 is 2.25 bits per heavy atom. The monoisotopic (exact) mass is 249 g/mol. The highest BCUT2D eigenvalue weighted by molar-refractivity contribution is 9.10. The van der Waals surface area contributed by atoms with Crippen LogP contribution >= 0.6 is 28.1 Å². The van der Waals surface area contributed by atoms with Gasteiger partial charge in [0.2, 0.25) is 0 Å². The lowest BCUT2D eigenvalue weighted by Gasteiger charge is -1.97. The number of halogens is 3. The van der Waals surface area contributed by atoms with Crippen LogP contribution in [0.15, 0.2) is 21.6 Å². The summed E-state index contributed by atoms with van der Waals surface area (Å²) in [4.78, 5) is 3.24. The lowest BCUT2D eigenvalue weighted by molar-refractivity contribution is 0.586. The topological polar surface area (TPSA) is 12.4 Å². The van der Waals surface area contributed by atoms with Crippen LogP contribution in [0, 0.1) is 11.6 Å². The summed E-state index contributed by atoms with van der Waals surface area (Å²) in [6.45, 7) is 0. The van der Waals surface area contributed by atoms with E-state index in [4.69, 9.17) is 0 Å². The molecule has 12 heavy (non-hydrogen) atoms. The van der Waals surface area contributed by atoms with Gasteiger partial charge in [0.1, 0.15) is 5.69 Å². The molecular formula is C7H2BrF2NS. The molecule has 0 aliphatic carbocycles. The second-order valence-corrected chi connectivity index (χ2v) is 3.02. The number of hydrogen-bond donors (Lipinski definition) is 0. The molecule has 1 nitrogen and oxygen atoms in total. The van der Waals surface area contributed by atoms with Crippen LogP contribution in [-0.2, 0) is 0 Å². The van der Waals surface area contributed by atoms with Crippen molar-refractivity contribution in [3.05, 3.63) is 28.2 Å². The van der Waals surface area contributed by atoms with Crippen LogP contribution in [0.3, 0.4) is 0 Å². The van der Waals surface area contributed by atoms with Gasteiger partial charge in [-0.3, -0.25) is 0 Å². The minimum Gasteiger partial charge on any atom is -0.204 e. The van der Waals surface area contributed by atoms with Crippen molar-refractivity contribution >= 4 is 39.0 Å². The molecule has 0 aromatic heterocycles. The number of nitrogens with zero attached hydrogens (tertiary/aromatic N) is 1. The first-order chi connectivity index (χ1) is 5.65. The Labute approximate surface area is 81.2 Å². The van der Waals surface area contributed by atoms with Gasteiger partial charge in [-0.2, -0.15) is 4.99 Å². The van der Waals surface area contributed by atoms with E-state index in [1.54, 1.807) is 0 Å². The molecule has 0 aliphatic rings. The van der Waals surface area contributed by atoms with Gasteiger partial charge in [-0.25, -0.2) is 8.78 Å². The molecule has 0 aliphatic heterocycles. The highest BCUT2D eigenvalue weighted by Crippen LogP contribution is 2.25. The van der Waals surface area contributed by atoms with Gasteiger partial charge in [-0.05, 0) is 24.4 Å². The predicted octanol–water partition coefficient (Wildman–Crippen LogP) is 3.46. The van der Waals surface area contributed by atoms with Crippen molar-refractivity contribution < 1.29 is 8.78 Å². The maximum absolute atomic E-state index is 12.8. The average Bonchev–Trinajstić information content (AvgIpc) is 1.96. The first kappa shape index (κ1) is 9.45. The lowest BCUT2D eigenvalue weighted by Crippen LogP contribution is -1.82. The third kappa shape index (κ3) is 1.94. The number of thiocarbonyl (C=S) groups is 1. The van der Waals surface area contributed by atoms with Crippen LogP contribution in [0.25, 0.3) is 0 Å². The minimum absolute atomic E-state index is 0.320.